The van der Waals surface area contributed by atoms with Crippen molar-refractivity contribution < 1.29 is 0 Å². The minimum absolute atomic E-state index is 1.06. The van der Waals surface area contributed by atoms with Crippen LogP contribution in [0.25, 0.3) is 0 Å². The quantitative estimate of drug-likeness (QED) is 0.840. The van der Waals surface area contributed by atoms with Crippen molar-refractivity contribution in [3.05, 3.63) is 52.7 Å². The molecule has 1 N–H and O–H groups in total. The number of nitrogens with zero attached hydrogens (tertiary/aromatic N) is 2. The number of allylic oxidation sites excluding steroid dienone is 3. The summed E-state index contributed by atoms with van der Waals surface area (Å²) in [5.74, 6) is 0. The van der Waals surface area contributed by atoms with Gasteiger partial charge < -0.3 is 15.1 Å². The summed E-state index contributed by atoms with van der Waals surface area (Å²) < 4.78 is 0. The zero-order valence-electron chi connectivity index (χ0n) is 12.2. The number of rotatable bonds is 2. The molecule has 3 nitrogen and oxygen atoms in total. The van der Waals surface area contributed by atoms with Crippen molar-refractivity contribution in [2.75, 3.05) is 38.4 Å². The molecule has 0 fully saturated rings. The van der Waals surface area contributed by atoms with Gasteiger partial charge in [-0.2, -0.15) is 0 Å². The predicted octanol–water partition coefficient (Wildman–Crippen LogP) is 3.30. The average molecular weight is 284 g/mol. The predicted molar refractivity (Wildman–Crippen MR) is 86.9 cm³/mol. The van der Waals surface area contributed by atoms with Crippen molar-refractivity contribution in [1.29, 1.82) is 0 Å². The Bertz CT molecular complexity index is 639. The molecule has 0 saturated heterocycles. The van der Waals surface area contributed by atoms with Crippen molar-refractivity contribution in [2.24, 2.45) is 0 Å². The molecule has 0 bridgehead atoms. The Morgan fingerprint density at radius 3 is 2.60 bits per heavy atom. The van der Waals surface area contributed by atoms with E-state index in [1.54, 1.807) is 11.8 Å². The van der Waals surface area contributed by atoms with Crippen molar-refractivity contribution in [2.45, 2.75) is 4.90 Å². The van der Waals surface area contributed by atoms with Gasteiger partial charge in [-0.15, -0.1) is 0 Å². The first-order valence-electron chi connectivity index (χ1n) is 6.54. The number of fused-ring (bicyclic) bond motifs is 1. The van der Waals surface area contributed by atoms with Crippen LogP contribution in [0.15, 0.2) is 51.5 Å². The second kappa shape index (κ2) is 4.89. The van der Waals surface area contributed by atoms with Crippen LogP contribution in [0.3, 0.4) is 0 Å². The zero-order valence-corrected chi connectivity index (χ0v) is 13.0. The van der Waals surface area contributed by atoms with E-state index in [4.69, 9.17) is 0 Å². The van der Waals surface area contributed by atoms with Crippen LogP contribution in [0.5, 0.6) is 0 Å². The number of thioether (sulfide) groups is 1. The van der Waals surface area contributed by atoms with E-state index in [1.807, 2.05) is 6.08 Å². The molecule has 0 radical (unpaired) electrons. The number of hydrogen-bond acceptors (Lipinski definition) is 4. The molecule has 4 heteroatoms. The maximum absolute atomic E-state index is 3.46. The summed E-state index contributed by atoms with van der Waals surface area (Å²) in [5, 5.41) is 3.46. The molecular formula is C16H18N3S+. The number of hydrogen-bond donors (Lipinski definition) is 1. The Labute approximate surface area is 124 Å². The summed E-state index contributed by atoms with van der Waals surface area (Å²) in [6, 6.07) is 6.48. The van der Waals surface area contributed by atoms with E-state index in [0.717, 1.165) is 11.4 Å². The van der Waals surface area contributed by atoms with Crippen molar-refractivity contribution in [1.82, 2.24) is 4.90 Å². The van der Waals surface area contributed by atoms with Gasteiger partial charge in [0.15, 0.2) is 4.91 Å². The van der Waals surface area contributed by atoms with Crippen LogP contribution in [-0.2, 0) is 0 Å². The van der Waals surface area contributed by atoms with Gasteiger partial charge in [-0.25, -0.2) is 0 Å². The number of benzene rings is 1. The van der Waals surface area contributed by atoms with Crippen molar-refractivity contribution in [3.63, 3.8) is 0 Å². The van der Waals surface area contributed by atoms with Gasteiger partial charge in [-0.1, -0.05) is 0 Å². The topological polar surface area (TPSA) is 18.5 Å². The fourth-order valence-electron chi connectivity index (χ4n) is 2.13. The molecule has 0 aromatic heterocycles. The summed E-state index contributed by atoms with van der Waals surface area (Å²) in [6.07, 6.45) is 7.56. The molecule has 3 rings (SSSR count). The molecule has 0 unspecified atom stereocenters. The van der Waals surface area contributed by atoms with Gasteiger partial charge in [0, 0.05) is 33.9 Å². The third kappa shape index (κ3) is 2.28. The first kappa shape index (κ1) is 13.1. The molecule has 102 valence electrons. The third-order valence-corrected chi connectivity index (χ3v) is 4.47. The summed E-state index contributed by atoms with van der Waals surface area (Å²) in [7, 11) is 8.23. The van der Waals surface area contributed by atoms with E-state index in [9.17, 15) is 0 Å². The van der Waals surface area contributed by atoms with E-state index < -0.39 is 0 Å². The Kier molecular flexibility index (Phi) is 3.20. The van der Waals surface area contributed by atoms with Gasteiger partial charge in [-0.3, -0.25) is 0 Å². The van der Waals surface area contributed by atoms with Gasteiger partial charge in [0.2, 0.25) is 5.70 Å². The van der Waals surface area contributed by atoms with Crippen LogP contribution in [-0.4, -0.2) is 33.1 Å². The van der Waals surface area contributed by atoms with E-state index in [2.05, 4.69) is 73.7 Å². The highest BCUT2D eigenvalue weighted by Gasteiger charge is 2.27. The van der Waals surface area contributed by atoms with Crippen LogP contribution in [0.4, 0.5) is 11.4 Å². The highest BCUT2D eigenvalue weighted by molar-refractivity contribution is 8.03. The second-order valence-corrected chi connectivity index (χ2v) is 6.38. The van der Waals surface area contributed by atoms with Gasteiger partial charge >= 0.3 is 0 Å². The lowest BCUT2D eigenvalue weighted by atomic mass is 10.1. The average Bonchev–Trinajstić information content (AvgIpc) is 2.43. The van der Waals surface area contributed by atoms with Gasteiger partial charge in [0.1, 0.15) is 11.8 Å². The summed E-state index contributed by atoms with van der Waals surface area (Å²) >= 11 is 1.80. The molecular weight excluding hydrogens is 266 g/mol. The summed E-state index contributed by atoms with van der Waals surface area (Å²) in [6.45, 7) is 0. The number of nitrogens with one attached hydrogen (secondary N) is 1. The molecule has 0 saturated carbocycles. The van der Waals surface area contributed by atoms with Crippen LogP contribution in [0.1, 0.15) is 0 Å². The zero-order chi connectivity index (χ0) is 14.3. The highest BCUT2D eigenvalue weighted by atomic mass is 32.2. The minimum atomic E-state index is 1.06. The summed E-state index contributed by atoms with van der Waals surface area (Å²) in [4.78, 5) is 6.70. The fraction of sp³-hybridized carbons (Fsp3) is 0.250. The Morgan fingerprint density at radius 1 is 1.10 bits per heavy atom. The molecule has 1 aromatic rings. The first-order valence-corrected chi connectivity index (χ1v) is 7.35. The van der Waals surface area contributed by atoms with Crippen molar-refractivity contribution in [3.8, 4) is 0 Å². The summed E-state index contributed by atoms with van der Waals surface area (Å²) in [5.41, 5.74) is 4.60. The molecule has 0 atom stereocenters. The fourth-order valence-corrected chi connectivity index (χ4v) is 3.17. The van der Waals surface area contributed by atoms with Gasteiger partial charge in [0.25, 0.3) is 0 Å². The number of likely N-dealkylation sites (N-methyl/N-ethyl adjacent to an activating group) is 1. The molecule has 20 heavy (non-hydrogen) atoms. The van der Waals surface area contributed by atoms with E-state index in [-0.39, 0.29) is 0 Å². The third-order valence-electron chi connectivity index (χ3n) is 3.37. The Balaban J connectivity index is 1.95. The maximum Gasteiger partial charge on any atom is 0.222 e. The van der Waals surface area contributed by atoms with E-state index >= 15 is 0 Å². The molecule has 2 aliphatic rings. The number of anilines is 2. The normalized spacial score (nSPS) is 15.7. The maximum atomic E-state index is 3.46. The molecule has 1 aliphatic heterocycles. The lowest BCUT2D eigenvalue weighted by molar-refractivity contribution is 0.529. The van der Waals surface area contributed by atoms with Crippen LogP contribution >= 0.6 is 11.8 Å². The molecule has 1 aromatic carbocycles. The van der Waals surface area contributed by atoms with Crippen LogP contribution < -0.4 is 10.2 Å². The smallest absolute Gasteiger partial charge is 0.222 e. The molecule has 0 amide bonds. The van der Waals surface area contributed by atoms with Crippen LogP contribution in [0, 0.1) is 6.08 Å². The Morgan fingerprint density at radius 2 is 1.90 bits per heavy atom. The van der Waals surface area contributed by atoms with Crippen molar-refractivity contribution >= 4 is 23.1 Å². The SMILES string of the molecule is CN(C)C1=CC2=C([C+]=C1)Nc1ccc(N(C)C)cc1S2. The van der Waals surface area contributed by atoms with Gasteiger partial charge in [0.05, 0.1) is 22.7 Å². The van der Waals surface area contributed by atoms with E-state index in [0.29, 0.717) is 0 Å². The Hall–Kier alpha value is -1.90. The lowest BCUT2D eigenvalue weighted by Gasteiger charge is -2.21. The molecule has 1 aliphatic carbocycles. The van der Waals surface area contributed by atoms with E-state index in [1.165, 1.54) is 21.2 Å². The minimum Gasteiger partial charge on any atom is -0.378 e. The first-order chi connectivity index (χ1) is 9.54. The second-order valence-electron chi connectivity index (χ2n) is 5.29. The molecule has 1 heterocycles. The monoisotopic (exact) mass is 284 g/mol. The van der Waals surface area contributed by atoms with Crippen LogP contribution in [0.2, 0.25) is 0 Å². The largest absolute Gasteiger partial charge is 0.378 e. The lowest BCUT2D eigenvalue weighted by Crippen LogP contribution is -2.15. The molecule has 0 spiro atoms. The standard InChI is InChI=1S/C16H18N3S/c1-18(2)11-5-7-13-15(9-11)20-16-10-12(19(3)4)6-8-14(16)17-13/h5-7,9-10,17H,1-4H3/q+1. The highest BCUT2D eigenvalue weighted by Crippen LogP contribution is 2.43. The van der Waals surface area contributed by atoms with Gasteiger partial charge in [-0.05, 0) is 30.0 Å².